The number of hydrogen-bond acceptors (Lipinski definition) is 2. The van der Waals surface area contributed by atoms with Crippen LogP contribution < -0.4 is 5.73 Å². The van der Waals surface area contributed by atoms with Gasteiger partial charge in [0.2, 0.25) is 0 Å². The molecule has 0 radical (unpaired) electrons. The van der Waals surface area contributed by atoms with E-state index >= 15 is 0 Å². The minimum Gasteiger partial charge on any atom is -0.383 e. The summed E-state index contributed by atoms with van der Waals surface area (Å²) in [6, 6.07) is 1.79. The Labute approximate surface area is 55.8 Å². The van der Waals surface area contributed by atoms with Crippen LogP contribution in [0.4, 0.5) is 5.82 Å². The van der Waals surface area contributed by atoms with Gasteiger partial charge >= 0.3 is 0 Å². The first-order valence-corrected chi connectivity index (χ1v) is 2.89. The third kappa shape index (κ3) is 0.838. The summed E-state index contributed by atoms with van der Waals surface area (Å²) in [6.45, 7) is 1.88. The fraction of sp³-hybridized carbons (Fsp3) is 0.250. The minimum atomic E-state index is 0.627. The molecule has 1 aromatic rings. The maximum atomic E-state index is 5.39. The average Bonchev–Trinajstić information content (AvgIpc) is 1.85. The fourth-order valence-electron chi connectivity index (χ4n) is 0.492. The topological polar surface area (TPSA) is 43.8 Å². The highest BCUT2D eigenvalue weighted by Gasteiger charge is 1.94. The molecule has 2 N–H and O–H groups in total. The molecule has 0 saturated heterocycles. The molecule has 0 aliphatic heterocycles. The zero-order chi connectivity index (χ0) is 6.15. The van der Waals surface area contributed by atoms with Crippen molar-refractivity contribution in [2.24, 2.45) is 0 Å². The van der Waals surface area contributed by atoms with Gasteiger partial charge in [-0.3, -0.25) is 0 Å². The van der Waals surface area contributed by atoms with Crippen LogP contribution in [-0.2, 0) is 0 Å². The number of rotatable bonds is 0. The third-order valence-electron chi connectivity index (χ3n) is 0.815. The first-order valence-electron chi connectivity index (χ1n) is 2.18. The lowest BCUT2D eigenvalue weighted by atomic mass is 10.5. The van der Waals surface area contributed by atoms with Gasteiger partial charge in [0.05, 0.1) is 21.8 Å². The highest BCUT2D eigenvalue weighted by Crippen LogP contribution is 2.06. The largest absolute Gasteiger partial charge is 0.383 e. The van der Waals surface area contributed by atoms with Gasteiger partial charge in [-0.1, -0.05) is 0 Å². The van der Waals surface area contributed by atoms with Crippen LogP contribution in [0.25, 0.3) is 0 Å². The summed E-state index contributed by atoms with van der Waals surface area (Å²) in [6.07, 6.45) is 0. The van der Waals surface area contributed by atoms with E-state index in [2.05, 4.69) is 21.2 Å². The van der Waals surface area contributed by atoms with Crippen molar-refractivity contribution >= 4 is 22.0 Å². The zero-order valence-electron chi connectivity index (χ0n) is 4.43. The molecule has 0 spiro atoms. The third-order valence-corrected chi connectivity index (χ3v) is 1.38. The van der Waals surface area contributed by atoms with E-state index in [1.807, 2.05) is 6.92 Å². The quantitative estimate of drug-likeness (QED) is 0.638. The van der Waals surface area contributed by atoms with Crippen LogP contribution in [0.15, 0.2) is 6.07 Å². The molecule has 0 unspecified atom stereocenters. The Bertz CT molecular complexity index is 174. The minimum absolute atomic E-state index is 0.627. The molecule has 0 bridgehead atoms. The molecular formula is C4H6BrN3. The molecule has 0 amide bonds. The highest BCUT2D eigenvalue weighted by atomic mass is 79.9. The van der Waals surface area contributed by atoms with Crippen molar-refractivity contribution in [1.29, 1.82) is 0 Å². The van der Waals surface area contributed by atoms with Crippen molar-refractivity contribution in [3.05, 3.63) is 11.8 Å². The van der Waals surface area contributed by atoms with E-state index in [-0.39, 0.29) is 0 Å². The molecule has 0 atom stereocenters. The summed E-state index contributed by atoms with van der Waals surface area (Å²) in [5.41, 5.74) is 6.31. The molecule has 4 heteroatoms. The first kappa shape index (κ1) is 5.62. The Balaban J connectivity index is 3.14. The van der Waals surface area contributed by atoms with Crippen molar-refractivity contribution in [1.82, 2.24) is 8.81 Å². The van der Waals surface area contributed by atoms with Gasteiger partial charge in [0.25, 0.3) is 0 Å². The lowest BCUT2D eigenvalue weighted by molar-refractivity contribution is 1.00. The second-order valence-corrected chi connectivity index (χ2v) is 2.24. The molecule has 0 aromatic carbocycles. The molecule has 44 valence electrons. The average molecular weight is 176 g/mol. The van der Waals surface area contributed by atoms with E-state index in [1.165, 1.54) is 3.71 Å². The SMILES string of the molecule is Cc1cc(N)n(Br)n1. The van der Waals surface area contributed by atoms with Crippen molar-refractivity contribution in [2.75, 3.05) is 5.73 Å². The molecule has 0 saturated carbocycles. The molecule has 0 fully saturated rings. The van der Waals surface area contributed by atoms with Crippen molar-refractivity contribution in [2.45, 2.75) is 6.92 Å². The first-order chi connectivity index (χ1) is 3.70. The van der Waals surface area contributed by atoms with Gasteiger partial charge in [-0.2, -0.15) is 8.81 Å². The second kappa shape index (κ2) is 1.78. The molecule has 3 nitrogen and oxygen atoms in total. The molecule has 1 rings (SSSR count). The zero-order valence-corrected chi connectivity index (χ0v) is 6.01. The predicted molar refractivity (Wildman–Crippen MR) is 35.7 cm³/mol. The van der Waals surface area contributed by atoms with Crippen molar-refractivity contribution in [3.63, 3.8) is 0 Å². The summed E-state index contributed by atoms with van der Waals surface area (Å²) in [5.74, 6) is 0.627. The Morgan fingerprint density at radius 2 is 2.50 bits per heavy atom. The van der Waals surface area contributed by atoms with Crippen molar-refractivity contribution < 1.29 is 0 Å². The normalized spacial score (nSPS) is 9.75. The monoisotopic (exact) mass is 175 g/mol. The molecule has 8 heavy (non-hydrogen) atoms. The number of anilines is 1. The molecule has 1 aromatic heterocycles. The van der Waals surface area contributed by atoms with E-state index in [1.54, 1.807) is 6.07 Å². The number of halogens is 1. The summed E-state index contributed by atoms with van der Waals surface area (Å²) < 4.78 is 1.46. The summed E-state index contributed by atoms with van der Waals surface area (Å²) in [4.78, 5) is 0. The lowest BCUT2D eigenvalue weighted by Gasteiger charge is -1.84. The van der Waals surface area contributed by atoms with E-state index in [0.29, 0.717) is 5.82 Å². The van der Waals surface area contributed by atoms with Crippen LogP contribution in [0.1, 0.15) is 5.69 Å². The predicted octanol–water partition coefficient (Wildman–Crippen LogP) is 0.932. The molecule has 1 heterocycles. The number of hydrogen-bond donors (Lipinski definition) is 1. The lowest BCUT2D eigenvalue weighted by Crippen LogP contribution is -1.89. The smallest absolute Gasteiger partial charge is 0.134 e. The Hall–Kier alpha value is -0.510. The maximum absolute atomic E-state index is 5.39. The van der Waals surface area contributed by atoms with Gasteiger partial charge in [-0.25, -0.2) is 0 Å². The van der Waals surface area contributed by atoms with Crippen LogP contribution >= 0.6 is 16.1 Å². The van der Waals surface area contributed by atoms with Gasteiger partial charge in [-0.05, 0) is 6.92 Å². The van der Waals surface area contributed by atoms with Gasteiger partial charge < -0.3 is 5.73 Å². The fourth-order valence-corrected chi connectivity index (χ4v) is 0.845. The Morgan fingerprint density at radius 3 is 2.62 bits per heavy atom. The van der Waals surface area contributed by atoms with Crippen LogP contribution in [0.3, 0.4) is 0 Å². The number of aryl methyl sites for hydroxylation is 1. The maximum Gasteiger partial charge on any atom is 0.134 e. The van der Waals surface area contributed by atoms with Gasteiger partial charge in [0, 0.05) is 6.07 Å². The molecule has 0 aliphatic rings. The van der Waals surface area contributed by atoms with E-state index < -0.39 is 0 Å². The Morgan fingerprint density at radius 1 is 1.88 bits per heavy atom. The van der Waals surface area contributed by atoms with E-state index in [0.717, 1.165) is 5.69 Å². The van der Waals surface area contributed by atoms with Gasteiger partial charge in [0.15, 0.2) is 0 Å². The number of nitrogens with zero attached hydrogens (tertiary/aromatic N) is 2. The number of aromatic nitrogens is 2. The Kier molecular flexibility index (Phi) is 1.25. The van der Waals surface area contributed by atoms with Gasteiger partial charge in [0.1, 0.15) is 5.82 Å². The number of nitrogen functional groups attached to an aromatic ring is 1. The standard InChI is InChI=1S/C4H6BrN3/c1-3-2-4(6)8(5)7-3/h2H,6H2,1H3. The molecular weight excluding hydrogens is 170 g/mol. The van der Waals surface area contributed by atoms with Crippen LogP contribution in [-0.4, -0.2) is 8.81 Å². The summed E-state index contributed by atoms with van der Waals surface area (Å²) in [7, 11) is 0. The molecule has 0 aliphatic carbocycles. The number of nitrogens with two attached hydrogens (primary N) is 1. The van der Waals surface area contributed by atoms with Crippen molar-refractivity contribution in [3.8, 4) is 0 Å². The van der Waals surface area contributed by atoms with Crippen LogP contribution in [0.5, 0.6) is 0 Å². The second-order valence-electron chi connectivity index (χ2n) is 1.57. The summed E-state index contributed by atoms with van der Waals surface area (Å²) >= 11 is 3.10. The van der Waals surface area contributed by atoms with E-state index in [9.17, 15) is 0 Å². The van der Waals surface area contributed by atoms with Crippen LogP contribution in [0, 0.1) is 6.92 Å². The van der Waals surface area contributed by atoms with Crippen LogP contribution in [0.2, 0.25) is 0 Å². The van der Waals surface area contributed by atoms with Gasteiger partial charge in [-0.15, -0.1) is 0 Å². The van der Waals surface area contributed by atoms with E-state index in [4.69, 9.17) is 5.73 Å². The summed E-state index contributed by atoms with van der Waals surface area (Å²) in [5, 5.41) is 3.92. The highest BCUT2D eigenvalue weighted by molar-refractivity contribution is 9.08.